The van der Waals surface area contributed by atoms with Crippen molar-refractivity contribution in [3.63, 3.8) is 0 Å². The summed E-state index contributed by atoms with van der Waals surface area (Å²) >= 11 is 3.06. The van der Waals surface area contributed by atoms with Gasteiger partial charge < -0.3 is 15.4 Å². The highest BCUT2D eigenvalue weighted by atomic mass is 32.2. The van der Waals surface area contributed by atoms with Gasteiger partial charge in [-0.15, -0.1) is 11.3 Å². The van der Waals surface area contributed by atoms with Crippen LogP contribution in [0, 0.1) is 0 Å². The third-order valence-electron chi connectivity index (χ3n) is 4.28. The van der Waals surface area contributed by atoms with E-state index in [0.29, 0.717) is 17.0 Å². The van der Waals surface area contributed by atoms with Crippen molar-refractivity contribution < 1.29 is 14.3 Å². The standard InChI is InChI=1S/C20H18N4O3S2/c1-2-27-19(25)14-9-21-20(26)24-15(14)10-28-17-13-8-16(12-6-4-3-5-7-12)29-18(13)23-11-22-17/h3-8,11H,2,9-10H2,1H3,(H2,21,24,26). The molecule has 1 aliphatic rings. The maximum atomic E-state index is 12.2. The highest BCUT2D eigenvalue weighted by molar-refractivity contribution is 7.99. The molecule has 1 aromatic carbocycles. The first-order chi connectivity index (χ1) is 14.2. The molecule has 0 unspecified atom stereocenters. The van der Waals surface area contributed by atoms with Crippen molar-refractivity contribution in [1.29, 1.82) is 0 Å². The number of aromatic nitrogens is 2. The monoisotopic (exact) mass is 426 g/mol. The summed E-state index contributed by atoms with van der Waals surface area (Å²) in [5.41, 5.74) is 2.10. The number of hydrogen-bond acceptors (Lipinski definition) is 7. The first-order valence-electron chi connectivity index (χ1n) is 9.02. The summed E-state index contributed by atoms with van der Waals surface area (Å²) in [6.07, 6.45) is 1.54. The summed E-state index contributed by atoms with van der Waals surface area (Å²) in [6.45, 7) is 2.18. The van der Waals surface area contributed by atoms with Crippen molar-refractivity contribution in [2.75, 3.05) is 18.9 Å². The average Bonchev–Trinajstić information content (AvgIpc) is 3.18. The van der Waals surface area contributed by atoms with Crippen LogP contribution in [0.1, 0.15) is 6.92 Å². The third kappa shape index (κ3) is 4.25. The van der Waals surface area contributed by atoms with Gasteiger partial charge in [0.05, 0.1) is 18.7 Å². The van der Waals surface area contributed by atoms with Gasteiger partial charge in [-0.1, -0.05) is 42.1 Å². The third-order valence-corrected chi connectivity index (χ3v) is 6.40. The maximum Gasteiger partial charge on any atom is 0.337 e. The van der Waals surface area contributed by atoms with Gasteiger partial charge in [-0.05, 0) is 18.6 Å². The number of esters is 1. The van der Waals surface area contributed by atoms with Crippen molar-refractivity contribution in [2.45, 2.75) is 11.9 Å². The Morgan fingerprint density at radius 3 is 2.90 bits per heavy atom. The summed E-state index contributed by atoms with van der Waals surface area (Å²) in [5.74, 6) is -0.0326. The molecule has 2 amide bonds. The van der Waals surface area contributed by atoms with Gasteiger partial charge in [0, 0.05) is 21.7 Å². The molecule has 9 heteroatoms. The summed E-state index contributed by atoms with van der Waals surface area (Å²) in [7, 11) is 0. The number of thiophene rings is 1. The molecule has 148 valence electrons. The molecule has 0 bridgehead atoms. The van der Waals surface area contributed by atoms with E-state index in [0.717, 1.165) is 25.7 Å². The second-order valence-electron chi connectivity index (χ2n) is 6.15. The summed E-state index contributed by atoms with van der Waals surface area (Å²) in [4.78, 5) is 34.8. The molecule has 0 aliphatic carbocycles. The SMILES string of the molecule is CCOC(=O)C1=C(CSc2ncnc3sc(-c4ccccc4)cc23)NC(=O)NC1. The smallest absolute Gasteiger partial charge is 0.337 e. The molecule has 3 aromatic rings. The van der Waals surface area contributed by atoms with Crippen molar-refractivity contribution in [3.05, 3.63) is 54.0 Å². The molecule has 0 saturated carbocycles. The Bertz CT molecular complexity index is 1100. The number of thioether (sulfide) groups is 1. The van der Waals surface area contributed by atoms with E-state index >= 15 is 0 Å². The molecular formula is C20H18N4O3S2. The molecule has 29 heavy (non-hydrogen) atoms. The molecule has 0 spiro atoms. The fraction of sp³-hybridized carbons (Fsp3) is 0.200. The van der Waals surface area contributed by atoms with Gasteiger partial charge in [0.15, 0.2) is 0 Å². The van der Waals surface area contributed by atoms with E-state index in [1.165, 1.54) is 18.1 Å². The lowest BCUT2D eigenvalue weighted by molar-refractivity contribution is -0.138. The highest BCUT2D eigenvalue weighted by Gasteiger charge is 2.24. The quantitative estimate of drug-likeness (QED) is 0.356. The molecule has 2 N–H and O–H groups in total. The van der Waals surface area contributed by atoms with Crippen LogP contribution < -0.4 is 10.6 Å². The number of benzene rings is 1. The Hall–Kier alpha value is -2.91. The molecule has 4 rings (SSSR count). The number of urea groups is 1. The van der Waals surface area contributed by atoms with Crippen LogP contribution >= 0.6 is 23.1 Å². The average molecular weight is 427 g/mol. The van der Waals surface area contributed by atoms with Gasteiger partial charge in [-0.25, -0.2) is 19.6 Å². The Balaban J connectivity index is 1.61. The number of fused-ring (bicyclic) bond motifs is 1. The zero-order chi connectivity index (χ0) is 20.2. The first-order valence-corrected chi connectivity index (χ1v) is 10.8. The lowest BCUT2D eigenvalue weighted by atomic mass is 10.2. The fourth-order valence-corrected chi connectivity index (χ4v) is 4.93. The second kappa shape index (κ2) is 8.62. The molecule has 0 atom stereocenters. The molecule has 0 saturated heterocycles. The van der Waals surface area contributed by atoms with Crippen molar-refractivity contribution in [1.82, 2.24) is 20.6 Å². The number of rotatable bonds is 6. The maximum absolute atomic E-state index is 12.2. The number of ether oxygens (including phenoxy) is 1. The highest BCUT2D eigenvalue weighted by Crippen LogP contribution is 2.36. The summed E-state index contributed by atoms with van der Waals surface area (Å²) in [5, 5.41) is 7.09. The Kier molecular flexibility index (Phi) is 5.77. The van der Waals surface area contributed by atoms with Crippen LogP contribution in [0.3, 0.4) is 0 Å². The molecule has 7 nitrogen and oxygen atoms in total. The van der Waals surface area contributed by atoms with Crippen molar-refractivity contribution in [2.24, 2.45) is 0 Å². The predicted octanol–water partition coefficient (Wildman–Crippen LogP) is 3.58. The number of nitrogens with zero attached hydrogens (tertiary/aromatic N) is 2. The summed E-state index contributed by atoms with van der Waals surface area (Å²) in [6, 6.07) is 11.9. The number of carbonyl (C=O) groups excluding carboxylic acids is 2. The molecule has 0 fully saturated rings. The fourth-order valence-electron chi connectivity index (χ4n) is 2.90. The Morgan fingerprint density at radius 1 is 1.28 bits per heavy atom. The van der Waals surface area contributed by atoms with Gasteiger partial charge in [0.2, 0.25) is 0 Å². The number of nitrogens with one attached hydrogen (secondary N) is 2. The predicted molar refractivity (Wildman–Crippen MR) is 114 cm³/mol. The largest absolute Gasteiger partial charge is 0.463 e. The lowest BCUT2D eigenvalue weighted by Gasteiger charge is -2.21. The number of carbonyl (C=O) groups is 2. The van der Waals surface area contributed by atoms with E-state index in [4.69, 9.17) is 4.74 Å². The zero-order valence-corrected chi connectivity index (χ0v) is 17.2. The van der Waals surface area contributed by atoms with E-state index in [2.05, 4.69) is 38.8 Å². The molecule has 1 aliphatic heterocycles. The van der Waals surface area contributed by atoms with Gasteiger partial charge >= 0.3 is 12.0 Å². The van der Waals surface area contributed by atoms with Crippen LogP contribution in [0.25, 0.3) is 20.7 Å². The topological polar surface area (TPSA) is 93.2 Å². The van der Waals surface area contributed by atoms with Crippen LogP contribution in [0.4, 0.5) is 4.79 Å². The van der Waals surface area contributed by atoms with E-state index < -0.39 is 5.97 Å². The van der Waals surface area contributed by atoms with Crippen molar-refractivity contribution >= 4 is 45.3 Å². The minimum absolute atomic E-state index is 0.149. The molecule has 2 aromatic heterocycles. The van der Waals surface area contributed by atoms with Crippen LogP contribution in [0.15, 0.2) is 59.0 Å². The van der Waals surface area contributed by atoms with Crippen LogP contribution in [0.2, 0.25) is 0 Å². The second-order valence-corrected chi connectivity index (χ2v) is 8.14. The van der Waals surface area contributed by atoms with Gasteiger partial charge in [0.25, 0.3) is 0 Å². The zero-order valence-electron chi connectivity index (χ0n) is 15.6. The Labute approximate surface area is 175 Å². The number of hydrogen-bond donors (Lipinski definition) is 2. The minimum Gasteiger partial charge on any atom is -0.463 e. The Morgan fingerprint density at radius 2 is 2.10 bits per heavy atom. The minimum atomic E-state index is -0.426. The first kappa shape index (κ1) is 19.4. The van der Waals surface area contributed by atoms with E-state index in [1.807, 2.05) is 18.2 Å². The molecule has 3 heterocycles. The molecular weight excluding hydrogens is 408 g/mol. The normalized spacial score (nSPS) is 13.9. The van der Waals surface area contributed by atoms with Gasteiger partial charge in [-0.2, -0.15) is 0 Å². The van der Waals surface area contributed by atoms with E-state index in [1.54, 1.807) is 18.3 Å². The van der Waals surface area contributed by atoms with Crippen LogP contribution in [0.5, 0.6) is 0 Å². The lowest BCUT2D eigenvalue weighted by Crippen LogP contribution is -2.44. The van der Waals surface area contributed by atoms with Gasteiger partial charge in [0.1, 0.15) is 16.2 Å². The van der Waals surface area contributed by atoms with E-state index in [-0.39, 0.29) is 19.2 Å². The van der Waals surface area contributed by atoms with Crippen LogP contribution in [-0.4, -0.2) is 40.9 Å². The summed E-state index contributed by atoms with van der Waals surface area (Å²) < 4.78 is 5.10. The van der Waals surface area contributed by atoms with E-state index in [9.17, 15) is 9.59 Å². The molecule has 0 radical (unpaired) electrons. The van der Waals surface area contributed by atoms with Gasteiger partial charge in [-0.3, -0.25) is 0 Å². The number of amides is 2. The van der Waals surface area contributed by atoms with Crippen LogP contribution in [-0.2, 0) is 9.53 Å². The van der Waals surface area contributed by atoms with Crippen molar-refractivity contribution in [3.8, 4) is 10.4 Å².